The maximum Gasteiger partial charge on any atom is 0.276 e. The second kappa shape index (κ2) is 6.87. The molecule has 2 heterocycles. The molecule has 3 rings (SSSR count). The van der Waals surface area contributed by atoms with Gasteiger partial charge in [-0.15, -0.1) is 0 Å². The van der Waals surface area contributed by atoms with E-state index in [1.165, 1.54) is 25.5 Å². The summed E-state index contributed by atoms with van der Waals surface area (Å²) in [5.74, 6) is 1.18. The van der Waals surface area contributed by atoms with Crippen LogP contribution in [0.2, 0.25) is 0 Å². The number of carbonyl (C=O) groups is 1. The van der Waals surface area contributed by atoms with Gasteiger partial charge in [-0.2, -0.15) is 0 Å². The Hall–Kier alpha value is -1.62. The van der Waals surface area contributed by atoms with Crippen molar-refractivity contribution in [2.24, 2.45) is 11.8 Å². The van der Waals surface area contributed by atoms with Crippen molar-refractivity contribution < 1.29 is 9.90 Å². The molecule has 23 heavy (non-hydrogen) atoms. The smallest absolute Gasteiger partial charge is 0.276 e. The molecule has 0 bridgehead atoms. The molecular formula is C18H27N3O2. The number of rotatable bonds is 4. The third-order valence-corrected chi connectivity index (χ3v) is 4.99. The Morgan fingerprint density at radius 3 is 2.83 bits per heavy atom. The number of amides is 1. The molecule has 0 radical (unpaired) electrons. The fraction of sp³-hybridized carbons (Fsp3) is 0.667. The maximum absolute atomic E-state index is 12.8. The fourth-order valence-electron chi connectivity index (χ4n) is 3.45. The predicted octanol–water partition coefficient (Wildman–Crippen LogP) is 2.37. The molecule has 0 spiro atoms. The van der Waals surface area contributed by atoms with E-state index in [9.17, 15) is 9.90 Å². The van der Waals surface area contributed by atoms with Crippen molar-refractivity contribution in [1.29, 1.82) is 0 Å². The van der Waals surface area contributed by atoms with Crippen molar-refractivity contribution in [3.8, 4) is 5.75 Å². The van der Waals surface area contributed by atoms with E-state index in [-0.39, 0.29) is 17.4 Å². The van der Waals surface area contributed by atoms with Gasteiger partial charge in [0.15, 0.2) is 5.69 Å². The second-order valence-electron chi connectivity index (χ2n) is 7.23. The summed E-state index contributed by atoms with van der Waals surface area (Å²) in [6.45, 7) is 8.14. The van der Waals surface area contributed by atoms with Gasteiger partial charge in [-0.3, -0.25) is 9.69 Å². The van der Waals surface area contributed by atoms with Crippen LogP contribution in [-0.2, 0) is 0 Å². The molecule has 1 N–H and O–H groups in total. The lowest BCUT2D eigenvalue weighted by Crippen LogP contribution is -2.46. The summed E-state index contributed by atoms with van der Waals surface area (Å²) >= 11 is 0. The monoisotopic (exact) mass is 317 g/mol. The van der Waals surface area contributed by atoms with E-state index in [2.05, 4.69) is 23.7 Å². The normalized spacial score (nSPS) is 23.1. The highest BCUT2D eigenvalue weighted by Crippen LogP contribution is 2.32. The molecular weight excluding hydrogens is 290 g/mol. The number of pyridine rings is 1. The Morgan fingerprint density at radius 1 is 1.39 bits per heavy atom. The van der Waals surface area contributed by atoms with Crippen LogP contribution in [0, 0.1) is 11.8 Å². The SMILES string of the molecule is CC(C)[C@@H]1CN(C(=O)c2ncccc2O)CCCN1CC1CC1. The van der Waals surface area contributed by atoms with E-state index in [1.807, 2.05) is 4.90 Å². The van der Waals surface area contributed by atoms with Gasteiger partial charge in [0.2, 0.25) is 0 Å². The zero-order chi connectivity index (χ0) is 16.4. The number of aromatic hydroxyl groups is 1. The topological polar surface area (TPSA) is 56.7 Å². The van der Waals surface area contributed by atoms with E-state index >= 15 is 0 Å². The first kappa shape index (κ1) is 16.2. The maximum atomic E-state index is 12.8. The molecule has 5 nitrogen and oxygen atoms in total. The Balaban J connectivity index is 1.75. The number of nitrogens with zero attached hydrogens (tertiary/aromatic N) is 3. The highest BCUT2D eigenvalue weighted by atomic mass is 16.3. The minimum absolute atomic E-state index is 0.0299. The Morgan fingerprint density at radius 2 is 2.17 bits per heavy atom. The van der Waals surface area contributed by atoms with Crippen LogP contribution in [0.15, 0.2) is 18.3 Å². The van der Waals surface area contributed by atoms with Gasteiger partial charge in [0, 0.05) is 38.4 Å². The number of carbonyl (C=O) groups excluding carboxylic acids is 1. The highest BCUT2D eigenvalue weighted by Gasteiger charge is 2.34. The molecule has 1 saturated carbocycles. The largest absolute Gasteiger partial charge is 0.505 e. The molecule has 1 amide bonds. The van der Waals surface area contributed by atoms with Crippen LogP contribution < -0.4 is 0 Å². The van der Waals surface area contributed by atoms with Crippen molar-refractivity contribution in [1.82, 2.24) is 14.8 Å². The minimum Gasteiger partial charge on any atom is -0.505 e. The molecule has 1 atom stereocenters. The second-order valence-corrected chi connectivity index (χ2v) is 7.23. The predicted molar refractivity (Wildman–Crippen MR) is 89.3 cm³/mol. The molecule has 1 aromatic rings. The first-order valence-electron chi connectivity index (χ1n) is 8.73. The van der Waals surface area contributed by atoms with Crippen LogP contribution in [0.3, 0.4) is 0 Å². The summed E-state index contributed by atoms with van der Waals surface area (Å²) in [7, 11) is 0. The molecule has 0 aromatic carbocycles. The molecule has 1 aliphatic carbocycles. The highest BCUT2D eigenvalue weighted by molar-refractivity contribution is 5.94. The summed E-state index contributed by atoms with van der Waals surface area (Å²) in [5.41, 5.74) is 0.172. The standard InChI is InChI=1S/C18H27N3O2/c1-13(2)15-12-21(10-4-9-20(15)11-14-6-7-14)18(23)17-16(22)5-3-8-19-17/h3,5,8,13-15,22H,4,6-7,9-12H2,1-2H3/t15-/m0/s1. The lowest BCUT2D eigenvalue weighted by atomic mass is 10.0. The molecule has 5 heteroatoms. The van der Waals surface area contributed by atoms with Crippen molar-refractivity contribution in [2.45, 2.75) is 39.2 Å². The third-order valence-electron chi connectivity index (χ3n) is 4.99. The molecule has 126 valence electrons. The van der Waals surface area contributed by atoms with E-state index in [0.717, 1.165) is 32.0 Å². The molecule has 1 saturated heterocycles. The van der Waals surface area contributed by atoms with Crippen LogP contribution >= 0.6 is 0 Å². The van der Waals surface area contributed by atoms with Crippen LogP contribution in [0.4, 0.5) is 0 Å². The third kappa shape index (κ3) is 3.83. The van der Waals surface area contributed by atoms with Gasteiger partial charge < -0.3 is 10.0 Å². The Kier molecular flexibility index (Phi) is 4.85. The van der Waals surface area contributed by atoms with Crippen LogP contribution in [0.25, 0.3) is 0 Å². The molecule has 0 unspecified atom stereocenters. The average Bonchev–Trinajstić information content (AvgIpc) is 3.34. The van der Waals surface area contributed by atoms with E-state index in [4.69, 9.17) is 0 Å². The Labute approximate surface area is 138 Å². The van der Waals surface area contributed by atoms with E-state index < -0.39 is 0 Å². The summed E-state index contributed by atoms with van der Waals surface area (Å²) in [5, 5.41) is 9.92. The number of hydrogen-bond acceptors (Lipinski definition) is 4. The molecule has 2 aliphatic rings. The van der Waals surface area contributed by atoms with Crippen LogP contribution in [0.1, 0.15) is 43.6 Å². The summed E-state index contributed by atoms with van der Waals surface area (Å²) in [6.07, 6.45) is 5.25. The van der Waals surface area contributed by atoms with E-state index in [0.29, 0.717) is 12.0 Å². The molecule has 2 fully saturated rings. The quantitative estimate of drug-likeness (QED) is 0.926. The van der Waals surface area contributed by atoms with Gasteiger partial charge in [0.05, 0.1) is 0 Å². The Bertz CT molecular complexity index is 557. The van der Waals surface area contributed by atoms with Crippen molar-refractivity contribution in [3.05, 3.63) is 24.0 Å². The first-order chi connectivity index (χ1) is 11.1. The fourth-order valence-corrected chi connectivity index (χ4v) is 3.45. The van der Waals surface area contributed by atoms with E-state index in [1.54, 1.807) is 12.3 Å². The van der Waals surface area contributed by atoms with Crippen molar-refractivity contribution in [3.63, 3.8) is 0 Å². The zero-order valence-electron chi connectivity index (χ0n) is 14.1. The lowest BCUT2D eigenvalue weighted by molar-refractivity contribution is 0.0695. The zero-order valence-corrected chi connectivity index (χ0v) is 14.1. The average molecular weight is 317 g/mol. The van der Waals surface area contributed by atoms with Gasteiger partial charge in [0.1, 0.15) is 5.75 Å². The summed E-state index contributed by atoms with van der Waals surface area (Å²) in [4.78, 5) is 21.3. The minimum atomic E-state index is -0.151. The first-order valence-corrected chi connectivity index (χ1v) is 8.73. The van der Waals surface area contributed by atoms with Crippen LogP contribution in [-0.4, -0.2) is 58.0 Å². The van der Waals surface area contributed by atoms with Gasteiger partial charge in [-0.05, 0) is 43.2 Å². The number of hydrogen-bond donors (Lipinski definition) is 1. The number of aromatic nitrogens is 1. The van der Waals surface area contributed by atoms with Crippen LogP contribution in [0.5, 0.6) is 5.75 Å². The van der Waals surface area contributed by atoms with Gasteiger partial charge in [-0.1, -0.05) is 13.8 Å². The van der Waals surface area contributed by atoms with Crippen molar-refractivity contribution in [2.75, 3.05) is 26.2 Å². The molecule has 1 aromatic heterocycles. The van der Waals surface area contributed by atoms with Gasteiger partial charge in [-0.25, -0.2) is 4.98 Å². The summed E-state index contributed by atoms with van der Waals surface area (Å²) < 4.78 is 0. The molecule has 1 aliphatic heterocycles. The van der Waals surface area contributed by atoms with Gasteiger partial charge >= 0.3 is 0 Å². The van der Waals surface area contributed by atoms with Crippen molar-refractivity contribution >= 4 is 5.91 Å². The summed E-state index contributed by atoms with van der Waals surface area (Å²) in [6, 6.07) is 3.55. The lowest BCUT2D eigenvalue weighted by Gasteiger charge is -2.34. The van der Waals surface area contributed by atoms with Gasteiger partial charge in [0.25, 0.3) is 5.91 Å².